The molecule has 19 heavy (non-hydrogen) atoms. The van der Waals surface area contributed by atoms with E-state index < -0.39 is 5.97 Å². The van der Waals surface area contributed by atoms with Crippen molar-refractivity contribution in [3.8, 4) is 0 Å². The molecule has 2 amide bonds. The van der Waals surface area contributed by atoms with Crippen molar-refractivity contribution in [1.82, 2.24) is 9.80 Å². The van der Waals surface area contributed by atoms with E-state index in [0.29, 0.717) is 19.8 Å². The largest absolute Gasteiger partial charge is 0.480 e. The summed E-state index contributed by atoms with van der Waals surface area (Å²) in [6, 6.07) is -0.0531. The summed E-state index contributed by atoms with van der Waals surface area (Å²) in [6.45, 7) is 3.33. The van der Waals surface area contributed by atoms with Crippen LogP contribution in [-0.4, -0.2) is 65.3 Å². The van der Waals surface area contributed by atoms with Gasteiger partial charge in [0.15, 0.2) is 0 Å². The second kappa shape index (κ2) is 6.23. The quantitative estimate of drug-likeness (QED) is 0.835. The fourth-order valence-corrected chi connectivity index (χ4v) is 2.89. The van der Waals surface area contributed by atoms with Gasteiger partial charge >= 0.3 is 12.0 Å². The lowest BCUT2D eigenvalue weighted by atomic mass is 10.2. The van der Waals surface area contributed by atoms with Crippen molar-refractivity contribution < 1.29 is 19.4 Å². The summed E-state index contributed by atoms with van der Waals surface area (Å²) in [5.41, 5.74) is 0. The molecule has 1 N–H and O–H groups in total. The Kier molecular flexibility index (Phi) is 4.63. The first-order valence-corrected chi connectivity index (χ1v) is 6.96. The molecule has 1 saturated carbocycles. The van der Waals surface area contributed by atoms with Crippen molar-refractivity contribution in [3.05, 3.63) is 0 Å². The van der Waals surface area contributed by atoms with Gasteiger partial charge in [-0.3, -0.25) is 4.79 Å². The lowest BCUT2D eigenvalue weighted by Gasteiger charge is -2.38. The Morgan fingerprint density at radius 1 is 1.37 bits per heavy atom. The zero-order valence-electron chi connectivity index (χ0n) is 11.4. The third kappa shape index (κ3) is 3.37. The molecule has 6 nitrogen and oxygen atoms in total. The number of carbonyl (C=O) groups excluding carboxylic acids is 1. The summed E-state index contributed by atoms with van der Waals surface area (Å²) in [6.07, 6.45) is 3.98. The van der Waals surface area contributed by atoms with E-state index in [4.69, 9.17) is 9.84 Å². The molecule has 6 heteroatoms. The predicted molar refractivity (Wildman–Crippen MR) is 69.0 cm³/mol. The van der Waals surface area contributed by atoms with E-state index in [1.165, 1.54) is 4.90 Å². The summed E-state index contributed by atoms with van der Waals surface area (Å²) >= 11 is 0. The number of carboxylic acid groups (broad SMARTS) is 1. The Hall–Kier alpha value is -1.30. The van der Waals surface area contributed by atoms with Gasteiger partial charge in [0.25, 0.3) is 0 Å². The third-order valence-electron chi connectivity index (χ3n) is 3.93. The summed E-state index contributed by atoms with van der Waals surface area (Å²) in [7, 11) is 0. The number of urea groups is 1. The number of nitrogens with zero attached hydrogens (tertiary/aromatic N) is 2. The molecule has 1 aliphatic carbocycles. The number of amides is 2. The molecule has 2 rings (SSSR count). The average molecular weight is 270 g/mol. The number of carbonyl (C=O) groups is 2. The summed E-state index contributed by atoms with van der Waals surface area (Å²) < 4.78 is 5.32. The Bertz CT molecular complexity index is 342. The number of aliphatic carboxylic acids is 1. The maximum absolute atomic E-state index is 12.6. The molecule has 0 aromatic carbocycles. The number of hydrogen-bond donors (Lipinski definition) is 1. The van der Waals surface area contributed by atoms with Crippen LogP contribution in [-0.2, 0) is 9.53 Å². The predicted octanol–water partition coefficient (Wildman–Crippen LogP) is 1.16. The van der Waals surface area contributed by atoms with Crippen LogP contribution >= 0.6 is 0 Å². The van der Waals surface area contributed by atoms with Crippen LogP contribution < -0.4 is 0 Å². The molecule has 0 aromatic rings. The molecule has 1 aliphatic heterocycles. The smallest absolute Gasteiger partial charge is 0.323 e. The summed E-state index contributed by atoms with van der Waals surface area (Å²) in [5.74, 6) is -0.943. The highest BCUT2D eigenvalue weighted by Crippen LogP contribution is 2.25. The van der Waals surface area contributed by atoms with Crippen LogP contribution in [0.5, 0.6) is 0 Å². The van der Waals surface area contributed by atoms with Crippen LogP contribution in [0.2, 0.25) is 0 Å². The minimum absolute atomic E-state index is 0.0129. The van der Waals surface area contributed by atoms with Crippen molar-refractivity contribution in [3.63, 3.8) is 0 Å². The van der Waals surface area contributed by atoms with Crippen LogP contribution in [0.15, 0.2) is 0 Å². The molecule has 1 unspecified atom stereocenters. The molecule has 1 heterocycles. The molecule has 0 bridgehead atoms. The minimum Gasteiger partial charge on any atom is -0.480 e. The van der Waals surface area contributed by atoms with Crippen molar-refractivity contribution in [1.29, 1.82) is 0 Å². The topological polar surface area (TPSA) is 70.1 Å². The molecule has 0 radical (unpaired) electrons. The molecule has 1 atom stereocenters. The van der Waals surface area contributed by atoms with E-state index in [1.807, 2.05) is 6.92 Å². The lowest BCUT2D eigenvalue weighted by Crippen LogP contribution is -2.55. The monoisotopic (exact) mass is 270 g/mol. The van der Waals surface area contributed by atoms with E-state index in [0.717, 1.165) is 25.7 Å². The van der Waals surface area contributed by atoms with Gasteiger partial charge in [-0.25, -0.2) is 4.79 Å². The number of carboxylic acids is 1. The van der Waals surface area contributed by atoms with E-state index in [2.05, 4.69) is 0 Å². The number of morpholine rings is 1. The first-order chi connectivity index (χ1) is 9.09. The molecule has 108 valence electrons. The lowest BCUT2D eigenvalue weighted by molar-refractivity contribution is -0.138. The van der Waals surface area contributed by atoms with Crippen LogP contribution in [0, 0.1) is 0 Å². The zero-order chi connectivity index (χ0) is 13.8. The van der Waals surface area contributed by atoms with Crippen LogP contribution in [0.3, 0.4) is 0 Å². The molecule has 0 spiro atoms. The van der Waals surface area contributed by atoms with E-state index in [-0.39, 0.29) is 24.7 Å². The third-order valence-corrected chi connectivity index (χ3v) is 3.93. The SMILES string of the molecule is CC1COCCN1C(=O)N(CC(=O)O)C1CCCC1. The van der Waals surface area contributed by atoms with E-state index >= 15 is 0 Å². The average Bonchev–Trinajstić information content (AvgIpc) is 2.89. The van der Waals surface area contributed by atoms with Crippen LogP contribution in [0.4, 0.5) is 4.79 Å². The highest BCUT2D eigenvalue weighted by atomic mass is 16.5. The molecular formula is C13H22N2O4. The van der Waals surface area contributed by atoms with Crippen LogP contribution in [0.1, 0.15) is 32.6 Å². The van der Waals surface area contributed by atoms with Crippen LogP contribution in [0.25, 0.3) is 0 Å². The highest BCUT2D eigenvalue weighted by molar-refractivity contribution is 5.80. The van der Waals surface area contributed by atoms with Gasteiger partial charge in [-0.05, 0) is 19.8 Å². The normalized spacial score (nSPS) is 24.5. The van der Waals surface area contributed by atoms with Gasteiger partial charge in [0.05, 0.1) is 19.3 Å². The standard InChI is InChI=1S/C13H22N2O4/c1-10-9-19-7-6-14(10)13(18)15(8-12(16)17)11-4-2-3-5-11/h10-11H,2-9H2,1H3,(H,16,17). The van der Waals surface area contributed by atoms with Crippen molar-refractivity contribution in [2.75, 3.05) is 26.3 Å². The number of ether oxygens (including phenoxy) is 1. The fourth-order valence-electron chi connectivity index (χ4n) is 2.89. The zero-order valence-corrected chi connectivity index (χ0v) is 11.4. The number of rotatable bonds is 3. The van der Waals surface area contributed by atoms with Crippen molar-refractivity contribution >= 4 is 12.0 Å². The maximum Gasteiger partial charge on any atom is 0.323 e. The number of hydrogen-bond acceptors (Lipinski definition) is 3. The fraction of sp³-hybridized carbons (Fsp3) is 0.846. The first kappa shape index (κ1) is 14.1. The molecule has 2 aliphatic rings. The Morgan fingerprint density at radius 3 is 2.63 bits per heavy atom. The first-order valence-electron chi connectivity index (χ1n) is 6.96. The van der Waals surface area contributed by atoms with E-state index in [9.17, 15) is 9.59 Å². The minimum atomic E-state index is -0.943. The van der Waals surface area contributed by atoms with Gasteiger partial charge in [0.2, 0.25) is 0 Å². The molecule has 2 fully saturated rings. The van der Waals surface area contributed by atoms with Gasteiger partial charge in [0.1, 0.15) is 6.54 Å². The Morgan fingerprint density at radius 2 is 2.05 bits per heavy atom. The van der Waals surface area contributed by atoms with Gasteiger partial charge in [0, 0.05) is 12.6 Å². The van der Waals surface area contributed by atoms with E-state index in [1.54, 1.807) is 4.90 Å². The Labute approximate surface area is 113 Å². The van der Waals surface area contributed by atoms with Gasteiger partial charge in [-0.15, -0.1) is 0 Å². The Balaban J connectivity index is 2.07. The second-order valence-electron chi connectivity index (χ2n) is 5.36. The highest BCUT2D eigenvalue weighted by Gasteiger charge is 2.34. The second-order valence-corrected chi connectivity index (χ2v) is 5.36. The van der Waals surface area contributed by atoms with Crippen molar-refractivity contribution in [2.45, 2.75) is 44.7 Å². The summed E-state index contributed by atoms with van der Waals surface area (Å²) in [4.78, 5) is 26.8. The molecule has 0 aromatic heterocycles. The molecule has 1 saturated heterocycles. The van der Waals surface area contributed by atoms with Crippen molar-refractivity contribution in [2.24, 2.45) is 0 Å². The van der Waals surface area contributed by atoms with Gasteiger partial charge < -0.3 is 19.6 Å². The van der Waals surface area contributed by atoms with Gasteiger partial charge in [-0.1, -0.05) is 12.8 Å². The summed E-state index contributed by atoms with van der Waals surface area (Å²) in [5, 5.41) is 9.02. The maximum atomic E-state index is 12.6. The van der Waals surface area contributed by atoms with Gasteiger partial charge in [-0.2, -0.15) is 0 Å². The molecular weight excluding hydrogens is 248 g/mol.